The van der Waals surface area contributed by atoms with Crippen molar-refractivity contribution in [2.75, 3.05) is 13.7 Å². The Hall–Kier alpha value is -1.84. The average molecular weight is 221 g/mol. The van der Waals surface area contributed by atoms with E-state index in [2.05, 4.69) is 5.16 Å². The van der Waals surface area contributed by atoms with E-state index in [1.165, 1.54) is 14.0 Å². The maximum Gasteiger partial charge on any atom is 0.303 e. The molecule has 0 atom stereocenters. The van der Waals surface area contributed by atoms with Gasteiger partial charge in [0.1, 0.15) is 19.4 Å². The third-order valence-corrected chi connectivity index (χ3v) is 2.00. The summed E-state index contributed by atoms with van der Waals surface area (Å²) in [4.78, 5) is 15.4. The van der Waals surface area contributed by atoms with Crippen molar-refractivity contribution in [1.29, 1.82) is 0 Å². The largest absolute Gasteiger partial charge is 0.459 e. The molecule has 0 unspecified atom stereocenters. The number of carbonyl (C=O) groups excluding carboxylic acids is 1. The molecule has 1 rings (SSSR count). The summed E-state index contributed by atoms with van der Waals surface area (Å²) in [6, 6.07) is 7.76. The summed E-state index contributed by atoms with van der Waals surface area (Å²) in [5.74, 6) is -0.337. The Morgan fingerprint density at radius 3 is 2.44 bits per heavy atom. The molecular weight excluding hydrogens is 206 g/mol. The SMILES string of the molecule is CO/N=C(\COC(C)=O)c1ccc(C)cc1. The summed E-state index contributed by atoms with van der Waals surface area (Å²) < 4.78 is 4.89. The molecule has 0 saturated heterocycles. The fraction of sp³-hybridized carbons (Fsp3) is 0.333. The standard InChI is InChI=1S/C12H15NO3/c1-9-4-6-11(7-5-9)12(13-15-3)8-16-10(2)14/h4-7H,8H2,1-3H3/b13-12+. The van der Waals surface area contributed by atoms with Gasteiger partial charge in [-0.05, 0) is 6.92 Å². The summed E-state index contributed by atoms with van der Waals surface area (Å²) in [6.45, 7) is 3.48. The Labute approximate surface area is 94.9 Å². The molecule has 4 heteroatoms. The van der Waals surface area contributed by atoms with E-state index in [-0.39, 0.29) is 12.6 Å². The number of aryl methyl sites for hydroxylation is 1. The molecule has 16 heavy (non-hydrogen) atoms. The zero-order valence-electron chi connectivity index (χ0n) is 9.69. The highest BCUT2D eigenvalue weighted by Gasteiger charge is 2.06. The number of rotatable bonds is 4. The first kappa shape index (κ1) is 12.2. The van der Waals surface area contributed by atoms with Crippen molar-refractivity contribution in [1.82, 2.24) is 0 Å². The molecule has 0 aliphatic rings. The van der Waals surface area contributed by atoms with Gasteiger partial charge < -0.3 is 9.57 Å². The summed E-state index contributed by atoms with van der Waals surface area (Å²) in [5, 5.41) is 3.84. The minimum Gasteiger partial charge on any atom is -0.459 e. The molecule has 0 N–H and O–H groups in total. The smallest absolute Gasteiger partial charge is 0.303 e. The van der Waals surface area contributed by atoms with Crippen molar-refractivity contribution < 1.29 is 14.4 Å². The molecule has 0 bridgehead atoms. The third kappa shape index (κ3) is 3.73. The molecule has 0 amide bonds. The first-order valence-corrected chi connectivity index (χ1v) is 4.94. The lowest BCUT2D eigenvalue weighted by Gasteiger charge is -2.06. The van der Waals surface area contributed by atoms with Crippen molar-refractivity contribution in [3.8, 4) is 0 Å². The van der Waals surface area contributed by atoms with Crippen LogP contribution in [0.2, 0.25) is 0 Å². The monoisotopic (exact) mass is 221 g/mol. The number of oxime groups is 1. The zero-order valence-corrected chi connectivity index (χ0v) is 9.69. The van der Waals surface area contributed by atoms with Gasteiger partial charge in [-0.2, -0.15) is 0 Å². The quantitative estimate of drug-likeness (QED) is 0.443. The first-order valence-electron chi connectivity index (χ1n) is 4.94. The van der Waals surface area contributed by atoms with Gasteiger partial charge in [-0.1, -0.05) is 35.0 Å². The van der Waals surface area contributed by atoms with Crippen molar-refractivity contribution in [2.24, 2.45) is 5.16 Å². The minimum absolute atomic E-state index is 0.117. The Bertz CT molecular complexity index is 382. The van der Waals surface area contributed by atoms with Crippen LogP contribution in [0.15, 0.2) is 29.4 Å². The van der Waals surface area contributed by atoms with Crippen molar-refractivity contribution in [2.45, 2.75) is 13.8 Å². The number of hydrogen-bond acceptors (Lipinski definition) is 4. The lowest BCUT2D eigenvalue weighted by atomic mass is 10.1. The molecule has 0 saturated carbocycles. The summed E-state index contributed by atoms with van der Waals surface area (Å²) >= 11 is 0. The van der Waals surface area contributed by atoms with E-state index in [0.717, 1.165) is 11.1 Å². The third-order valence-electron chi connectivity index (χ3n) is 2.00. The zero-order chi connectivity index (χ0) is 12.0. The number of carbonyl (C=O) groups is 1. The lowest BCUT2D eigenvalue weighted by molar-refractivity contribution is -0.139. The molecule has 1 aromatic carbocycles. The highest BCUT2D eigenvalue weighted by molar-refractivity contribution is 6.01. The Kier molecular flexibility index (Phi) is 4.51. The van der Waals surface area contributed by atoms with Crippen LogP contribution in [0.3, 0.4) is 0 Å². The minimum atomic E-state index is -0.337. The summed E-state index contributed by atoms with van der Waals surface area (Å²) in [6.07, 6.45) is 0. The predicted molar refractivity (Wildman–Crippen MR) is 61.4 cm³/mol. The number of ether oxygens (including phenoxy) is 1. The molecule has 0 heterocycles. The predicted octanol–water partition coefficient (Wildman–Crippen LogP) is 1.91. The number of benzene rings is 1. The van der Waals surface area contributed by atoms with E-state index in [1.807, 2.05) is 31.2 Å². The number of esters is 1. The van der Waals surface area contributed by atoms with Crippen LogP contribution in [-0.4, -0.2) is 25.4 Å². The molecule has 0 aliphatic heterocycles. The van der Waals surface area contributed by atoms with E-state index in [4.69, 9.17) is 9.57 Å². The molecule has 0 aliphatic carbocycles. The van der Waals surface area contributed by atoms with Gasteiger partial charge >= 0.3 is 5.97 Å². The van der Waals surface area contributed by atoms with E-state index < -0.39 is 0 Å². The first-order chi connectivity index (χ1) is 7.63. The Morgan fingerprint density at radius 2 is 1.94 bits per heavy atom. The van der Waals surface area contributed by atoms with Gasteiger partial charge in [0.15, 0.2) is 0 Å². The second-order valence-electron chi connectivity index (χ2n) is 3.37. The normalized spacial score (nSPS) is 11.1. The molecule has 86 valence electrons. The fourth-order valence-corrected chi connectivity index (χ4v) is 1.19. The van der Waals surface area contributed by atoms with Crippen LogP contribution in [-0.2, 0) is 14.4 Å². The van der Waals surface area contributed by atoms with Crippen LogP contribution in [0.1, 0.15) is 18.1 Å². The van der Waals surface area contributed by atoms with Crippen molar-refractivity contribution in [3.05, 3.63) is 35.4 Å². The van der Waals surface area contributed by atoms with E-state index in [0.29, 0.717) is 5.71 Å². The van der Waals surface area contributed by atoms with Gasteiger partial charge in [0.25, 0.3) is 0 Å². The topological polar surface area (TPSA) is 47.9 Å². The maximum atomic E-state index is 10.7. The average Bonchev–Trinajstić information content (AvgIpc) is 2.25. The second kappa shape index (κ2) is 5.90. The van der Waals surface area contributed by atoms with Gasteiger partial charge in [0.2, 0.25) is 0 Å². The van der Waals surface area contributed by atoms with E-state index >= 15 is 0 Å². The van der Waals surface area contributed by atoms with Crippen molar-refractivity contribution in [3.63, 3.8) is 0 Å². The second-order valence-corrected chi connectivity index (χ2v) is 3.37. The summed E-state index contributed by atoms with van der Waals surface area (Å²) in [5.41, 5.74) is 2.64. The van der Waals surface area contributed by atoms with Crippen LogP contribution in [0.25, 0.3) is 0 Å². The van der Waals surface area contributed by atoms with Gasteiger partial charge in [-0.25, -0.2) is 0 Å². The highest BCUT2D eigenvalue weighted by atomic mass is 16.6. The molecule has 0 radical (unpaired) electrons. The highest BCUT2D eigenvalue weighted by Crippen LogP contribution is 2.05. The molecule has 1 aromatic rings. The van der Waals surface area contributed by atoms with Crippen LogP contribution >= 0.6 is 0 Å². The van der Waals surface area contributed by atoms with Crippen LogP contribution < -0.4 is 0 Å². The molecule has 0 aromatic heterocycles. The number of nitrogens with zero attached hydrogens (tertiary/aromatic N) is 1. The molecular formula is C12H15NO3. The molecule has 4 nitrogen and oxygen atoms in total. The van der Waals surface area contributed by atoms with Crippen LogP contribution in [0.5, 0.6) is 0 Å². The van der Waals surface area contributed by atoms with Gasteiger partial charge in [-0.3, -0.25) is 4.79 Å². The van der Waals surface area contributed by atoms with Gasteiger partial charge in [0, 0.05) is 12.5 Å². The molecule has 0 spiro atoms. The number of hydrogen-bond donors (Lipinski definition) is 0. The van der Waals surface area contributed by atoms with Gasteiger partial charge in [-0.15, -0.1) is 0 Å². The fourth-order valence-electron chi connectivity index (χ4n) is 1.19. The van der Waals surface area contributed by atoms with Crippen molar-refractivity contribution >= 4 is 11.7 Å². The van der Waals surface area contributed by atoms with Crippen LogP contribution in [0, 0.1) is 6.92 Å². The Balaban J connectivity index is 2.81. The lowest BCUT2D eigenvalue weighted by Crippen LogP contribution is -2.13. The van der Waals surface area contributed by atoms with E-state index in [1.54, 1.807) is 0 Å². The molecule has 0 fully saturated rings. The Morgan fingerprint density at radius 1 is 1.31 bits per heavy atom. The van der Waals surface area contributed by atoms with Gasteiger partial charge in [0.05, 0.1) is 0 Å². The maximum absolute atomic E-state index is 10.7. The summed E-state index contributed by atoms with van der Waals surface area (Å²) in [7, 11) is 1.46. The van der Waals surface area contributed by atoms with Crippen LogP contribution in [0.4, 0.5) is 0 Å². The van der Waals surface area contributed by atoms with E-state index in [9.17, 15) is 4.79 Å².